The first-order valence-corrected chi connectivity index (χ1v) is 8.51. The van der Waals surface area contributed by atoms with Gasteiger partial charge >= 0.3 is 0 Å². The van der Waals surface area contributed by atoms with Crippen LogP contribution in [0, 0.1) is 5.92 Å². The number of aromatic nitrogens is 1. The number of amides is 1. The number of ether oxygens (including phenoxy) is 1. The van der Waals surface area contributed by atoms with Gasteiger partial charge in [0.2, 0.25) is 5.91 Å². The molecule has 6 nitrogen and oxygen atoms in total. The van der Waals surface area contributed by atoms with Gasteiger partial charge in [-0.1, -0.05) is 13.0 Å². The Morgan fingerprint density at radius 1 is 1.43 bits per heavy atom. The highest BCUT2D eigenvalue weighted by atomic mass is 16.5. The van der Waals surface area contributed by atoms with Crippen LogP contribution in [0.3, 0.4) is 0 Å². The van der Waals surface area contributed by atoms with Gasteiger partial charge in [-0.2, -0.15) is 0 Å². The normalized spacial score (nSPS) is 25.2. The number of nitrogens with one attached hydrogen (secondary N) is 2. The standard InChI is InChI=1S/C17H26N4O2/c1-13-4-5-18-15(10-13)17(22)20-12-14-2-3-16(19-11-14)21-6-8-23-9-7-21/h2-3,11,13,15,18H,4-10,12H2,1H3,(H,20,22). The van der Waals surface area contributed by atoms with Crippen LogP contribution < -0.4 is 15.5 Å². The molecule has 0 aromatic carbocycles. The molecule has 0 radical (unpaired) electrons. The topological polar surface area (TPSA) is 66.5 Å². The molecule has 0 saturated carbocycles. The Hall–Kier alpha value is -1.66. The smallest absolute Gasteiger partial charge is 0.237 e. The third-order valence-electron chi connectivity index (χ3n) is 4.59. The fourth-order valence-corrected chi connectivity index (χ4v) is 3.12. The van der Waals surface area contributed by atoms with E-state index in [1.807, 2.05) is 18.3 Å². The summed E-state index contributed by atoms with van der Waals surface area (Å²) in [4.78, 5) is 18.9. The molecule has 6 heteroatoms. The molecule has 126 valence electrons. The van der Waals surface area contributed by atoms with E-state index < -0.39 is 0 Å². The molecular weight excluding hydrogens is 292 g/mol. The third-order valence-corrected chi connectivity index (χ3v) is 4.59. The van der Waals surface area contributed by atoms with Crippen molar-refractivity contribution in [3.05, 3.63) is 23.9 Å². The fraction of sp³-hybridized carbons (Fsp3) is 0.647. The summed E-state index contributed by atoms with van der Waals surface area (Å²) in [5.74, 6) is 1.68. The highest BCUT2D eigenvalue weighted by molar-refractivity contribution is 5.81. The molecule has 1 aromatic rings. The summed E-state index contributed by atoms with van der Waals surface area (Å²) in [7, 11) is 0. The molecule has 1 aromatic heterocycles. The van der Waals surface area contributed by atoms with E-state index in [-0.39, 0.29) is 11.9 Å². The van der Waals surface area contributed by atoms with E-state index in [1.165, 1.54) is 0 Å². The van der Waals surface area contributed by atoms with Crippen LogP contribution >= 0.6 is 0 Å². The summed E-state index contributed by atoms with van der Waals surface area (Å²) >= 11 is 0. The Balaban J connectivity index is 1.49. The van der Waals surface area contributed by atoms with E-state index in [4.69, 9.17) is 4.74 Å². The molecule has 3 rings (SSSR count). The molecule has 2 unspecified atom stereocenters. The van der Waals surface area contributed by atoms with Crippen molar-refractivity contribution in [2.24, 2.45) is 5.92 Å². The van der Waals surface area contributed by atoms with E-state index in [2.05, 4.69) is 27.4 Å². The van der Waals surface area contributed by atoms with E-state index in [1.54, 1.807) is 0 Å². The molecule has 2 N–H and O–H groups in total. The maximum Gasteiger partial charge on any atom is 0.237 e. The maximum atomic E-state index is 12.2. The quantitative estimate of drug-likeness (QED) is 0.864. The van der Waals surface area contributed by atoms with E-state index >= 15 is 0 Å². The Labute approximate surface area is 137 Å². The Kier molecular flexibility index (Phi) is 5.46. The minimum atomic E-state index is -0.0562. The molecule has 2 atom stereocenters. The molecular formula is C17H26N4O2. The first-order valence-electron chi connectivity index (χ1n) is 8.51. The molecule has 2 saturated heterocycles. The van der Waals surface area contributed by atoms with E-state index in [0.29, 0.717) is 12.5 Å². The molecule has 0 bridgehead atoms. The lowest BCUT2D eigenvalue weighted by atomic mass is 9.94. The van der Waals surface area contributed by atoms with Crippen LogP contribution in [0.2, 0.25) is 0 Å². The summed E-state index contributed by atoms with van der Waals surface area (Å²) < 4.78 is 5.35. The van der Waals surface area contributed by atoms with E-state index in [0.717, 1.165) is 57.1 Å². The summed E-state index contributed by atoms with van der Waals surface area (Å²) in [6.07, 6.45) is 3.92. The zero-order chi connectivity index (χ0) is 16.1. The van der Waals surface area contributed by atoms with E-state index in [9.17, 15) is 4.79 Å². The van der Waals surface area contributed by atoms with Crippen molar-refractivity contribution >= 4 is 11.7 Å². The lowest BCUT2D eigenvalue weighted by Gasteiger charge is -2.28. The van der Waals surface area contributed by atoms with Crippen molar-refractivity contribution in [2.45, 2.75) is 32.4 Å². The van der Waals surface area contributed by atoms with Crippen molar-refractivity contribution < 1.29 is 9.53 Å². The van der Waals surface area contributed by atoms with Gasteiger partial charge in [0.25, 0.3) is 0 Å². The number of morpholine rings is 1. The number of nitrogens with zero attached hydrogens (tertiary/aromatic N) is 2. The molecule has 23 heavy (non-hydrogen) atoms. The number of hydrogen-bond donors (Lipinski definition) is 2. The number of anilines is 1. The van der Waals surface area contributed by atoms with Gasteiger partial charge in [-0.05, 0) is 36.9 Å². The molecule has 2 fully saturated rings. The molecule has 0 aliphatic carbocycles. The first kappa shape index (κ1) is 16.2. The van der Waals surface area contributed by atoms with Crippen LogP contribution in [0.25, 0.3) is 0 Å². The highest BCUT2D eigenvalue weighted by Crippen LogP contribution is 2.16. The number of pyridine rings is 1. The predicted octanol–water partition coefficient (Wildman–Crippen LogP) is 0.923. The number of carbonyl (C=O) groups excluding carboxylic acids is 1. The average Bonchev–Trinajstić information content (AvgIpc) is 2.61. The van der Waals surface area contributed by atoms with Gasteiger partial charge in [-0.25, -0.2) is 4.98 Å². The van der Waals surface area contributed by atoms with Crippen molar-refractivity contribution in [3.63, 3.8) is 0 Å². The van der Waals surface area contributed by atoms with Gasteiger partial charge < -0.3 is 20.3 Å². The summed E-state index contributed by atoms with van der Waals surface area (Å²) in [5, 5.41) is 6.30. The minimum absolute atomic E-state index is 0.0562. The third kappa shape index (κ3) is 4.42. The van der Waals surface area contributed by atoms with Crippen molar-refractivity contribution in [3.8, 4) is 0 Å². The van der Waals surface area contributed by atoms with Gasteiger partial charge in [-0.15, -0.1) is 0 Å². The molecule has 2 aliphatic heterocycles. The summed E-state index contributed by atoms with van der Waals surface area (Å²) in [6, 6.07) is 4.00. The van der Waals surface area contributed by atoms with Crippen LogP contribution in [0.15, 0.2) is 18.3 Å². The molecule has 1 amide bonds. The summed E-state index contributed by atoms with van der Waals surface area (Å²) in [5.41, 5.74) is 1.03. The maximum absolute atomic E-state index is 12.2. The van der Waals surface area contributed by atoms with Gasteiger partial charge in [0.1, 0.15) is 5.82 Å². The Bertz CT molecular complexity index is 514. The molecule has 2 aliphatic rings. The van der Waals surface area contributed by atoms with Crippen molar-refractivity contribution in [2.75, 3.05) is 37.7 Å². The minimum Gasteiger partial charge on any atom is -0.378 e. The Morgan fingerprint density at radius 3 is 2.96 bits per heavy atom. The second kappa shape index (κ2) is 7.75. The van der Waals surface area contributed by atoms with Gasteiger partial charge in [0, 0.05) is 25.8 Å². The van der Waals surface area contributed by atoms with Gasteiger partial charge in [0.05, 0.1) is 19.3 Å². The zero-order valence-electron chi connectivity index (χ0n) is 13.8. The lowest BCUT2D eigenvalue weighted by Crippen LogP contribution is -2.48. The van der Waals surface area contributed by atoms with Gasteiger partial charge in [-0.3, -0.25) is 4.79 Å². The van der Waals surface area contributed by atoms with Crippen LogP contribution in [0.4, 0.5) is 5.82 Å². The summed E-state index contributed by atoms with van der Waals surface area (Å²) in [6.45, 7) is 6.94. The SMILES string of the molecule is CC1CCNC(C(=O)NCc2ccc(N3CCOCC3)nc2)C1. The predicted molar refractivity (Wildman–Crippen MR) is 89.3 cm³/mol. The monoisotopic (exact) mass is 318 g/mol. The van der Waals surface area contributed by atoms with Crippen molar-refractivity contribution in [1.29, 1.82) is 0 Å². The number of rotatable bonds is 4. The van der Waals surface area contributed by atoms with Crippen molar-refractivity contribution in [1.82, 2.24) is 15.6 Å². The van der Waals surface area contributed by atoms with Crippen LogP contribution in [-0.4, -0.2) is 49.8 Å². The van der Waals surface area contributed by atoms with Crippen LogP contribution in [-0.2, 0) is 16.1 Å². The van der Waals surface area contributed by atoms with Crippen LogP contribution in [0.5, 0.6) is 0 Å². The second-order valence-electron chi connectivity index (χ2n) is 6.48. The number of carbonyl (C=O) groups is 1. The molecule has 0 spiro atoms. The lowest BCUT2D eigenvalue weighted by molar-refractivity contribution is -0.124. The van der Waals surface area contributed by atoms with Crippen LogP contribution in [0.1, 0.15) is 25.3 Å². The average molecular weight is 318 g/mol. The second-order valence-corrected chi connectivity index (χ2v) is 6.48. The number of piperidine rings is 1. The first-order chi connectivity index (χ1) is 11.2. The highest BCUT2D eigenvalue weighted by Gasteiger charge is 2.24. The van der Waals surface area contributed by atoms with Gasteiger partial charge in [0.15, 0.2) is 0 Å². The Morgan fingerprint density at radius 2 is 2.26 bits per heavy atom. The molecule has 3 heterocycles. The fourth-order valence-electron chi connectivity index (χ4n) is 3.12. The zero-order valence-corrected chi connectivity index (χ0v) is 13.8. The number of hydrogen-bond acceptors (Lipinski definition) is 5. The largest absolute Gasteiger partial charge is 0.378 e.